The Bertz CT molecular complexity index is 896. The minimum atomic E-state index is 0.620. The summed E-state index contributed by atoms with van der Waals surface area (Å²) in [6.45, 7) is 1.26. The van der Waals surface area contributed by atoms with Gasteiger partial charge in [0.15, 0.2) is 0 Å². The van der Waals surface area contributed by atoms with Gasteiger partial charge in [0.25, 0.3) is 0 Å². The SMILES string of the molecule is c1ccc(COCc2ccc(-c3nc4ccccc4s3)cc2)cc1. The molecule has 0 fully saturated rings. The fourth-order valence-corrected chi connectivity index (χ4v) is 3.57. The van der Waals surface area contributed by atoms with E-state index in [0.29, 0.717) is 13.2 Å². The highest BCUT2D eigenvalue weighted by molar-refractivity contribution is 7.21. The quantitative estimate of drug-likeness (QED) is 0.469. The second kappa shape index (κ2) is 6.95. The van der Waals surface area contributed by atoms with Crippen molar-refractivity contribution in [3.05, 3.63) is 90.0 Å². The molecule has 24 heavy (non-hydrogen) atoms. The van der Waals surface area contributed by atoms with E-state index in [1.165, 1.54) is 15.8 Å². The lowest BCUT2D eigenvalue weighted by atomic mass is 10.1. The topological polar surface area (TPSA) is 22.1 Å². The number of thiazole rings is 1. The maximum absolute atomic E-state index is 5.79. The maximum Gasteiger partial charge on any atom is 0.124 e. The summed E-state index contributed by atoms with van der Waals surface area (Å²) in [5.41, 5.74) is 4.59. The van der Waals surface area contributed by atoms with Gasteiger partial charge in [0, 0.05) is 5.56 Å². The van der Waals surface area contributed by atoms with Crippen LogP contribution in [-0.4, -0.2) is 4.98 Å². The molecule has 0 atom stereocenters. The molecule has 0 amide bonds. The summed E-state index contributed by atoms with van der Waals surface area (Å²) in [7, 11) is 0. The zero-order chi connectivity index (χ0) is 16.2. The number of ether oxygens (including phenoxy) is 1. The molecule has 0 aliphatic rings. The molecule has 0 unspecified atom stereocenters. The third-order valence-electron chi connectivity index (χ3n) is 3.88. The molecule has 1 aromatic heterocycles. The Labute approximate surface area is 145 Å². The predicted octanol–water partition coefficient (Wildman–Crippen LogP) is 5.68. The molecule has 1 heterocycles. The smallest absolute Gasteiger partial charge is 0.124 e. The van der Waals surface area contributed by atoms with Crippen LogP contribution in [0.1, 0.15) is 11.1 Å². The average molecular weight is 331 g/mol. The van der Waals surface area contributed by atoms with Crippen LogP contribution in [-0.2, 0) is 18.0 Å². The molecule has 3 aromatic carbocycles. The van der Waals surface area contributed by atoms with Crippen molar-refractivity contribution in [2.45, 2.75) is 13.2 Å². The summed E-state index contributed by atoms with van der Waals surface area (Å²) < 4.78 is 7.01. The Hall–Kier alpha value is -2.49. The van der Waals surface area contributed by atoms with E-state index < -0.39 is 0 Å². The average Bonchev–Trinajstić information content (AvgIpc) is 3.07. The van der Waals surface area contributed by atoms with E-state index in [-0.39, 0.29) is 0 Å². The lowest BCUT2D eigenvalue weighted by Crippen LogP contribution is -1.93. The lowest BCUT2D eigenvalue weighted by Gasteiger charge is -2.05. The van der Waals surface area contributed by atoms with E-state index in [9.17, 15) is 0 Å². The molecule has 2 nitrogen and oxygen atoms in total. The first-order valence-electron chi connectivity index (χ1n) is 7.95. The standard InChI is InChI=1S/C21H17NOS/c1-2-6-16(7-3-1)14-23-15-17-10-12-18(13-11-17)21-22-19-8-4-5-9-20(19)24-21/h1-13H,14-15H2. The summed E-state index contributed by atoms with van der Waals surface area (Å²) in [6.07, 6.45) is 0. The van der Waals surface area contributed by atoms with Crippen LogP contribution in [0.25, 0.3) is 20.8 Å². The number of nitrogens with zero attached hydrogens (tertiary/aromatic N) is 1. The monoisotopic (exact) mass is 331 g/mol. The Kier molecular flexibility index (Phi) is 4.36. The van der Waals surface area contributed by atoms with E-state index >= 15 is 0 Å². The number of para-hydroxylation sites is 1. The molecule has 0 saturated heterocycles. The number of fused-ring (bicyclic) bond motifs is 1. The molecule has 4 rings (SSSR count). The Morgan fingerprint density at radius 3 is 2.12 bits per heavy atom. The van der Waals surface area contributed by atoms with E-state index in [1.54, 1.807) is 11.3 Å². The van der Waals surface area contributed by atoms with Gasteiger partial charge in [0.1, 0.15) is 5.01 Å². The van der Waals surface area contributed by atoms with E-state index in [4.69, 9.17) is 9.72 Å². The highest BCUT2D eigenvalue weighted by Crippen LogP contribution is 2.30. The van der Waals surface area contributed by atoms with Crippen molar-refractivity contribution in [1.29, 1.82) is 0 Å². The molecule has 0 aliphatic heterocycles. The molecule has 3 heteroatoms. The van der Waals surface area contributed by atoms with Crippen molar-refractivity contribution in [3.8, 4) is 10.6 Å². The summed E-state index contributed by atoms with van der Waals surface area (Å²) in [5.74, 6) is 0. The fraction of sp³-hybridized carbons (Fsp3) is 0.0952. The van der Waals surface area contributed by atoms with Crippen molar-refractivity contribution < 1.29 is 4.74 Å². The normalized spacial score (nSPS) is 11.0. The van der Waals surface area contributed by atoms with Gasteiger partial charge in [-0.2, -0.15) is 0 Å². The summed E-state index contributed by atoms with van der Waals surface area (Å²) in [6, 6.07) is 27.0. The van der Waals surface area contributed by atoms with Gasteiger partial charge in [0.2, 0.25) is 0 Å². The largest absolute Gasteiger partial charge is 0.372 e. The molecule has 0 bridgehead atoms. The van der Waals surface area contributed by atoms with Crippen LogP contribution in [0.15, 0.2) is 78.9 Å². The van der Waals surface area contributed by atoms with Crippen molar-refractivity contribution in [2.24, 2.45) is 0 Å². The number of rotatable bonds is 5. The minimum Gasteiger partial charge on any atom is -0.372 e. The van der Waals surface area contributed by atoms with Crippen LogP contribution < -0.4 is 0 Å². The van der Waals surface area contributed by atoms with E-state index in [1.807, 2.05) is 24.3 Å². The van der Waals surface area contributed by atoms with Gasteiger partial charge < -0.3 is 4.74 Å². The van der Waals surface area contributed by atoms with Crippen LogP contribution >= 0.6 is 11.3 Å². The zero-order valence-electron chi connectivity index (χ0n) is 13.2. The first-order valence-corrected chi connectivity index (χ1v) is 8.77. The molecular weight excluding hydrogens is 314 g/mol. The molecule has 0 saturated carbocycles. The van der Waals surface area contributed by atoms with Crippen LogP contribution in [0.3, 0.4) is 0 Å². The number of benzene rings is 3. The van der Waals surface area contributed by atoms with Crippen molar-refractivity contribution in [2.75, 3.05) is 0 Å². The van der Waals surface area contributed by atoms with Gasteiger partial charge >= 0.3 is 0 Å². The van der Waals surface area contributed by atoms with Gasteiger partial charge in [0.05, 0.1) is 23.4 Å². The fourth-order valence-electron chi connectivity index (χ4n) is 2.60. The number of hydrogen-bond donors (Lipinski definition) is 0. The lowest BCUT2D eigenvalue weighted by molar-refractivity contribution is 0.107. The molecule has 0 N–H and O–H groups in total. The van der Waals surface area contributed by atoms with Crippen molar-refractivity contribution in [1.82, 2.24) is 4.98 Å². The zero-order valence-corrected chi connectivity index (χ0v) is 14.0. The highest BCUT2D eigenvalue weighted by Gasteiger charge is 2.05. The first kappa shape index (κ1) is 15.1. The first-order chi connectivity index (χ1) is 11.9. The molecular formula is C21H17NOS. The van der Waals surface area contributed by atoms with Gasteiger partial charge in [-0.25, -0.2) is 4.98 Å². The molecule has 0 aliphatic carbocycles. The Morgan fingerprint density at radius 2 is 1.38 bits per heavy atom. The van der Waals surface area contributed by atoms with Crippen LogP contribution in [0.5, 0.6) is 0 Å². The Balaban J connectivity index is 1.42. The Morgan fingerprint density at radius 1 is 0.708 bits per heavy atom. The van der Waals surface area contributed by atoms with Gasteiger partial charge in [-0.05, 0) is 23.3 Å². The molecule has 4 aromatic rings. The van der Waals surface area contributed by atoms with Crippen LogP contribution in [0, 0.1) is 0 Å². The maximum atomic E-state index is 5.79. The second-order valence-corrected chi connectivity index (χ2v) is 6.69. The third kappa shape index (κ3) is 3.37. The second-order valence-electron chi connectivity index (χ2n) is 5.66. The van der Waals surface area contributed by atoms with E-state index in [2.05, 4.69) is 54.6 Å². The summed E-state index contributed by atoms with van der Waals surface area (Å²) in [5, 5.41) is 1.06. The predicted molar refractivity (Wildman–Crippen MR) is 100.0 cm³/mol. The van der Waals surface area contributed by atoms with Gasteiger partial charge in [-0.1, -0.05) is 66.7 Å². The number of hydrogen-bond acceptors (Lipinski definition) is 3. The summed E-state index contributed by atoms with van der Waals surface area (Å²) in [4.78, 5) is 4.70. The minimum absolute atomic E-state index is 0.620. The van der Waals surface area contributed by atoms with Crippen molar-refractivity contribution in [3.63, 3.8) is 0 Å². The molecule has 118 valence electrons. The molecule has 0 radical (unpaired) electrons. The third-order valence-corrected chi connectivity index (χ3v) is 4.96. The van der Waals surface area contributed by atoms with Crippen LogP contribution in [0.4, 0.5) is 0 Å². The molecule has 0 spiro atoms. The highest BCUT2D eigenvalue weighted by atomic mass is 32.1. The van der Waals surface area contributed by atoms with Gasteiger partial charge in [-0.15, -0.1) is 11.3 Å². The summed E-state index contributed by atoms with van der Waals surface area (Å²) >= 11 is 1.73. The van der Waals surface area contributed by atoms with Crippen LogP contribution in [0.2, 0.25) is 0 Å². The van der Waals surface area contributed by atoms with Gasteiger partial charge in [-0.3, -0.25) is 0 Å². The van der Waals surface area contributed by atoms with E-state index in [0.717, 1.165) is 16.1 Å². The number of aromatic nitrogens is 1. The van der Waals surface area contributed by atoms with Crippen molar-refractivity contribution >= 4 is 21.6 Å².